The number of anilines is 1. The molecule has 0 saturated carbocycles. The number of nitrogens with one attached hydrogen (secondary N) is 1. The maximum Gasteiger partial charge on any atom is 0.273 e. The van der Waals surface area contributed by atoms with Gasteiger partial charge in [-0.15, -0.1) is 0 Å². The molecule has 2 N–H and O–H groups in total. The zero-order valence-electron chi connectivity index (χ0n) is 13.3. The monoisotopic (exact) mass is 355 g/mol. The van der Waals surface area contributed by atoms with Crippen LogP contribution in [-0.2, 0) is 4.79 Å². The number of rotatable bonds is 5. The number of hydrogen-bond acceptors (Lipinski definition) is 6. The lowest BCUT2D eigenvalue weighted by molar-refractivity contribution is -0.384. The van der Waals surface area contributed by atoms with Gasteiger partial charge in [0.2, 0.25) is 5.91 Å². The summed E-state index contributed by atoms with van der Waals surface area (Å²) in [7, 11) is 0. The number of nitro benzene ring substituents is 1. The second kappa shape index (κ2) is 6.63. The zero-order chi connectivity index (χ0) is 18.8. The van der Waals surface area contributed by atoms with Crippen molar-refractivity contribution in [3.63, 3.8) is 0 Å². The Balaban J connectivity index is 1.63. The van der Waals surface area contributed by atoms with E-state index in [2.05, 4.69) is 5.32 Å². The number of carbonyl (C=O) groups excluding carboxylic acids is 3. The molecule has 0 aliphatic carbocycles. The Morgan fingerprint density at radius 3 is 2.27 bits per heavy atom. The molecule has 0 saturated heterocycles. The number of benzene rings is 2. The van der Waals surface area contributed by atoms with Gasteiger partial charge in [0.15, 0.2) is 0 Å². The summed E-state index contributed by atoms with van der Waals surface area (Å²) in [6.45, 7) is -0.119. The van der Waals surface area contributed by atoms with Gasteiger partial charge in [-0.25, -0.2) is 0 Å². The molecule has 0 fully saturated rings. The van der Waals surface area contributed by atoms with Gasteiger partial charge in [-0.05, 0) is 18.2 Å². The van der Waals surface area contributed by atoms with E-state index >= 15 is 0 Å². The Kier molecular flexibility index (Phi) is 4.36. The molecule has 2 aromatic carbocycles. The summed E-state index contributed by atoms with van der Waals surface area (Å²) in [5.74, 6) is -1.92. The minimum Gasteiger partial charge on any atom is -0.506 e. The first-order valence-corrected chi connectivity index (χ1v) is 7.61. The first kappa shape index (κ1) is 17.1. The van der Waals surface area contributed by atoms with Crippen molar-refractivity contribution in [2.75, 3.05) is 11.9 Å². The molecule has 0 atom stereocenters. The highest BCUT2D eigenvalue weighted by atomic mass is 16.6. The second-order valence-electron chi connectivity index (χ2n) is 5.56. The van der Waals surface area contributed by atoms with Crippen molar-refractivity contribution in [2.24, 2.45) is 0 Å². The number of nitro groups is 1. The molecule has 0 radical (unpaired) electrons. The Labute approximate surface area is 147 Å². The topological polar surface area (TPSA) is 130 Å². The van der Waals surface area contributed by atoms with E-state index in [0.717, 1.165) is 17.0 Å². The van der Waals surface area contributed by atoms with Crippen LogP contribution in [0.5, 0.6) is 5.75 Å². The average molecular weight is 355 g/mol. The Morgan fingerprint density at radius 2 is 1.73 bits per heavy atom. The molecule has 0 unspecified atom stereocenters. The molecule has 0 aromatic heterocycles. The standard InChI is InChI=1S/C17H13N3O6/c21-14-9-10(20(25)26)5-6-13(14)18-15(22)7-8-19-16(23)11-3-1-2-4-12(11)17(19)24/h1-6,9,21H,7-8H2,(H,18,22). The lowest BCUT2D eigenvalue weighted by Gasteiger charge is -2.13. The number of imide groups is 1. The summed E-state index contributed by atoms with van der Waals surface area (Å²) < 4.78 is 0. The van der Waals surface area contributed by atoms with Crippen LogP contribution in [0.3, 0.4) is 0 Å². The molecule has 1 aliphatic rings. The minimum absolute atomic E-state index is 0.00274. The maximum atomic E-state index is 12.2. The smallest absolute Gasteiger partial charge is 0.273 e. The number of non-ortho nitro benzene ring substituents is 1. The fourth-order valence-electron chi connectivity index (χ4n) is 2.61. The lowest BCUT2D eigenvalue weighted by atomic mass is 10.1. The fraction of sp³-hybridized carbons (Fsp3) is 0.118. The molecule has 132 valence electrons. The number of carbonyl (C=O) groups is 3. The van der Waals surface area contributed by atoms with Crippen LogP contribution in [0, 0.1) is 10.1 Å². The largest absolute Gasteiger partial charge is 0.506 e. The number of aromatic hydroxyl groups is 1. The Hall–Kier alpha value is -3.75. The molecule has 1 aliphatic heterocycles. The second-order valence-corrected chi connectivity index (χ2v) is 5.56. The van der Waals surface area contributed by atoms with E-state index in [4.69, 9.17) is 0 Å². The van der Waals surface area contributed by atoms with Gasteiger partial charge in [0, 0.05) is 19.0 Å². The summed E-state index contributed by atoms with van der Waals surface area (Å²) in [5, 5.41) is 22.8. The van der Waals surface area contributed by atoms with Crippen LogP contribution >= 0.6 is 0 Å². The third-order valence-electron chi connectivity index (χ3n) is 3.91. The van der Waals surface area contributed by atoms with Crippen molar-refractivity contribution in [2.45, 2.75) is 6.42 Å². The molecule has 1 heterocycles. The molecule has 3 rings (SSSR count). The number of phenolic OH excluding ortho intramolecular Hbond substituents is 1. The van der Waals surface area contributed by atoms with Gasteiger partial charge in [-0.3, -0.25) is 29.4 Å². The number of amides is 3. The first-order chi connectivity index (χ1) is 12.4. The number of nitrogens with zero attached hydrogens (tertiary/aromatic N) is 2. The number of fused-ring (bicyclic) bond motifs is 1. The minimum atomic E-state index is -0.673. The first-order valence-electron chi connectivity index (χ1n) is 7.61. The predicted molar refractivity (Wildman–Crippen MR) is 89.8 cm³/mol. The van der Waals surface area contributed by atoms with Crippen molar-refractivity contribution in [1.29, 1.82) is 0 Å². The van der Waals surface area contributed by atoms with Crippen LogP contribution in [0.15, 0.2) is 42.5 Å². The van der Waals surface area contributed by atoms with Crippen LogP contribution < -0.4 is 5.32 Å². The molecular weight excluding hydrogens is 342 g/mol. The van der Waals surface area contributed by atoms with Gasteiger partial charge in [0.25, 0.3) is 17.5 Å². The summed E-state index contributed by atoms with van der Waals surface area (Å²) in [6.07, 6.45) is -0.179. The van der Waals surface area contributed by atoms with Crippen molar-refractivity contribution < 1.29 is 24.4 Å². The Morgan fingerprint density at radius 1 is 1.12 bits per heavy atom. The zero-order valence-corrected chi connectivity index (χ0v) is 13.3. The van der Waals surface area contributed by atoms with E-state index in [1.54, 1.807) is 24.3 Å². The summed E-state index contributed by atoms with van der Waals surface area (Å²) >= 11 is 0. The van der Waals surface area contributed by atoms with Crippen LogP contribution in [0.1, 0.15) is 27.1 Å². The molecule has 9 heteroatoms. The SMILES string of the molecule is O=C(CCN1C(=O)c2ccccc2C1=O)Nc1ccc([N+](=O)[O-])cc1O. The van der Waals surface area contributed by atoms with Gasteiger partial charge in [-0.1, -0.05) is 12.1 Å². The highest BCUT2D eigenvalue weighted by Crippen LogP contribution is 2.28. The van der Waals surface area contributed by atoms with Crippen molar-refractivity contribution in [3.05, 3.63) is 63.7 Å². The summed E-state index contributed by atoms with van der Waals surface area (Å²) in [5.41, 5.74) is 0.284. The van der Waals surface area contributed by atoms with E-state index in [9.17, 15) is 29.6 Å². The third kappa shape index (κ3) is 3.09. The van der Waals surface area contributed by atoms with Gasteiger partial charge >= 0.3 is 0 Å². The average Bonchev–Trinajstić information content (AvgIpc) is 2.86. The van der Waals surface area contributed by atoms with Gasteiger partial charge in [-0.2, -0.15) is 0 Å². The van der Waals surface area contributed by atoms with Crippen LogP contribution in [0.2, 0.25) is 0 Å². The predicted octanol–water partition coefficient (Wildman–Crippen LogP) is 1.93. The van der Waals surface area contributed by atoms with Crippen molar-refractivity contribution in [1.82, 2.24) is 4.90 Å². The Bertz CT molecular complexity index is 905. The quantitative estimate of drug-likeness (QED) is 0.365. The van der Waals surface area contributed by atoms with Gasteiger partial charge in [0.05, 0.1) is 27.8 Å². The summed E-state index contributed by atoms with van der Waals surface area (Å²) in [6, 6.07) is 9.65. The van der Waals surface area contributed by atoms with Crippen LogP contribution in [-0.4, -0.2) is 39.2 Å². The molecule has 3 amide bonds. The molecule has 0 spiro atoms. The number of hydrogen-bond donors (Lipinski definition) is 2. The lowest BCUT2D eigenvalue weighted by Crippen LogP contribution is -2.32. The molecule has 0 bridgehead atoms. The molecule has 2 aromatic rings. The fourth-order valence-corrected chi connectivity index (χ4v) is 2.61. The van der Waals surface area contributed by atoms with Gasteiger partial charge in [0.1, 0.15) is 5.75 Å². The molecule has 9 nitrogen and oxygen atoms in total. The third-order valence-corrected chi connectivity index (χ3v) is 3.91. The highest BCUT2D eigenvalue weighted by molar-refractivity contribution is 6.21. The van der Waals surface area contributed by atoms with E-state index in [1.165, 1.54) is 6.07 Å². The van der Waals surface area contributed by atoms with Crippen molar-refractivity contribution >= 4 is 29.1 Å². The number of phenols is 1. The normalized spacial score (nSPS) is 12.8. The molecular formula is C17H13N3O6. The van der Waals surface area contributed by atoms with E-state index in [1.807, 2.05) is 0 Å². The van der Waals surface area contributed by atoms with Crippen LogP contribution in [0.4, 0.5) is 11.4 Å². The van der Waals surface area contributed by atoms with Gasteiger partial charge < -0.3 is 10.4 Å². The maximum absolute atomic E-state index is 12.2. The van der Waals surface area contributed by atoms with E-state index in [-0.39, 0.29) is 24.3 Å². The van der Waals surface area contributed by atoms with Crippen LogP contribution in [0.25, 0.3) is 0 Å². The highest BCUT2D eigenvalue weighted by Gasteiger charge is 2.34. The van der Waals surface area contributed by atoms with E-state index in [0.29, 0.717) is 11.1 Å². The van der Waals surface area contributed by atoms with E-state index < -0.39 is 28.4 Å². The molecule has 26 heavy (non-hydrogen) atoms. The summed E-state index contributed by atoms with van der Waals surface area (Å²) in [4.78, 5) is 47.4. The van der Waals surface area contributed by atoms with Crippen molar-refractivity contribution in [3.8, 4) is 5.75 Å².